The molecule has 0 fully saturated rings. The van der Waals surface area contributed by atoms with Crippen LogP contribution in [-0.2, 0) is 4.79 Å². The summed E-state index contributed by atoms with van der Waals surface area (Å²) in [6.45, 7) is 5.57. The summed E-state index contributed by atoms with van der Waals surface area (Å²) in [5, 5.41) is 2.83. The van der Waals surface area contributed by atoms with Gasteiger partial charge >= 0.3 is 0 Å². The van der Waals surface area contributed by atoms with E-state index in [4.69, 9.17) is 9.47 Å². The fraction of sp³-hybridized carbons (Fsp3) is 0.462. The van der Waals surface area contributed by atoms with E-state index in [9.17, 15) is 4.79 Å². The summed E-state index contributed by atoms with van der Waals surface area (Å²) in [6.07, 6.45) is 0. The second kappa shape index (κ2) is 5.08. The maximum Gasteiger partial charge on any atom is 0.229 e. The lowest BCUT2D eigenvalue weighted by Crippen LogP contribution is -2.27. The number of anilines is 1. The van der Waals surface area contributed by atoms with Crippen LogP contribution >= 0.6 is 0 Å². The SMILES string of the molecule is COc1cccc(NC(=O)C(C)(C)C)c1OC. The fourth-order valence-electron chi connectivity index (χ4n) is 1.30. The second-order valence-electron chi connectivity index (χ2n) is 4.75. The first-order valence-electron chi connectivity index (χ1n) is 5.42. The number of methoxy groups -OCH3 is 2. The van der Waals surface area contributed by atoms with E-state index in [-0.39, 0.29) is 5.91 Å². The molecule has 17 heavy (non-hydrogen) atoms. The molecule has 0 aromatic heterocycles. The summed E-state index contributed by atoms with van der Waals surface area (Å²) in [4.78, 5) is 11.9. The monoisotopic (exact) mass is 237 g/mol. The van der Waals surface area contributed by atoms with E-state index in [0.717, 1.165) is 0 Å². The average molecular weight is 237 g/mol. The molecule has 1 amide bonds. The van der Waals surface area contributed by atoms with E-state index in [1.54, 1.807) is 32.4 Å². The third-order valence-electron chi connectivity index (χ3n) is 2.33. The van der Waals surface area contributed by atoms with Crippen molar-refractivity contribution in [1.29, 1.82) is 0 Å². The number of hydrogen-bond acceptors (Lipinski definition) is 3. The molecular formula is C13H19NO3. The molecule has 0 saturated heterocycles. The Morgan fingerprint density at radius 3 is 2.29 bits per heavy atom. The lowest BCUT2D eigenvalue weighted by molar-refractivity contribution is -0.123. The van der Waals surface area contributed by atoms with Crippen molar-refractivity contribution < 1.29 is 14.3 Å². The van der Waals surface area contributed by atoms with Gasteiger partial charge in [0.05, 0.1) is 19.9 Å². The summed E-state index contributed by atoms with van der Waals surface area (Å²) in [5.74, 6) is 1.07. The van der Waals surface area contributed by atoms with Crippen molar-refractivity contribution in [3.8, 4) is 11.5 Å². The van der Waals surface area contributed by atoms with Crippen LogP contribution in [0.1, 0.15) is 20.8 Å². The smallest absolute Gasteiger partial charge is 0.229 e. The lowest BCUT2D eigenvalue weighted by atomic mass is 9.95. The van der Waals surface area contributed by atoms with E-state index >= 15 is 0 Å². The van der Waals surface area contributed by atoms with Crippen molar-refractivity contribution in [2.24, 2.45) is 5.41 Å². The summed E-state index contributed by atoms with van der Waals surface area (Å²) in [5.41, 5.74) is 0.167. The Balaban J connectivity index is 3.03. The van der Waals surface area contributed by atoms with Gasteiger partial charge in [0, 0.05) is 5.41 Å². The summed E-state index contributed by atoms with van der Waals surface area (Å²) >= 11 is 0. The summed E-state index contributed by atoms with van der Waals surface area (Å²) in [7, 11) is 3.11. The van der Waals surface area contributed by atoms with Gasteiger partial charge < -0.3 is 14.8 Å². The van der Waals surface area contributed by atoms with Crippen LogP contribution in [0, 0.1) is 5.41 Å². The van der Waals surface area contributed by atoms with E-state index in [0.29, 0.717) is 17.2 Å². The molecule has 1 N–H and O–H groups in total. The quantitative estimate of drug-likeness (QED) is 0.879. The number of benzene rings is 1. The standard InChI is InChI=1S/C13H19NO3/c1-13(2,3)12(15)14-9-7-6-8-10(16-4)11(9)17-5/h6-8H,1-5H3,(H,14,15). The molecule has 0 aliphatic carbocycles. The molecule has 0 saturated carbocycles. The first kappa shape index (κ1) is 13.4. The van der Waals surface area contributed by atoms with Crippen molar-refractivity contribution in [1.82, 2.24) is 0 Å². The van der Waals surface area contributed by atoms with Crippen LogP contribution < -0.4 is 14.8 Å². The third kappa shape index (κ3) is 3.12. The van der Waals surface area contributed by atoms with Crippen LogP contribution in [0.4, 0.5) is 5.69 Å². The highest BCUT2D eigenvalue weighted by molar-refractivity contribution is 5.96. The Bertz CT molecular complexity index is 408. The largest absolute Gasteiger partial charge is 0.493 e. The van der Waals surface area contributed by atoms with Crippen molar-refractivity contribution in [2.75, 3.05) is 19.5 Å². The molecule has 4 heteroatoms. The molecule has 0 bridgehead atoms. The maximum absolute atomic E-state index is 11.9. The highest BCUT2D eigenvalue weighted by Crippen LogP contribution is 2.35. The van der Waals surface area contributed by atoms with Crippen molar-refractivity contribution in [3.05, 3.63) is 18.2 Å². The van der Waals surface area contributed by atoms with Crippen LogP contribution in [0.15, 0.2) is 18.2 Å². The summed E-state index contributed by atoms with van der Waals surface area (Å²) in [6, 6.07) is 5.37. The number of ether oxygens (including phenoxy) is 2. The highest BCUT2D eigenvalue weighted by Gasteiger charge is 2.23. The zero-order valence-corrected chi connectivity index (χ0v) is 11.0. The van der Waals surface area contributed by atoms with Gasteiger partial charge in [-0.1, -0.05) is 26.8 Å². The van der Waals surface area contributed by atoms with E-state index < -0.39 is 5.41 Å². The number of carbonyl (C=O) groups excluding carboxylic acids is 1. The van der Waals surface area contributed by atoms with Crippen molar-refractivity contribution >= 4 is 11.6 Å². The molecule has 0 heterocycles. The van der Waals surface area contributed by atoms with Crippen molar-refractivity contribution in [2.45, 2.75) is 20.8 Å². The van der Waals surface area contributed by atoms with Gasteiger partial charge in [-0.2, -0.15) is 0 Å². The van der Waals surface area contributed by atoms with Crippen LogP contribution in [0.25, 0.3) is 0 Å². The topological polar surface area (TPSA) is 47.6 Å². The van der Waals surface area contributed by atoms with Gasteiger partial charge in [0.25, 0.3) is 0 Å². The Morgan fingerprint density at radius 1 is 1.18 bits per heavy atom. The Hall–Kier alpha value is -1.71. The number of hydrogen-bond donors (Lipinski definition) is 1. The predicted molar refractivity (Wildman–Crippen MR) is 67.6 cm³/mol. The predicted octanol–water partition coefficient (Wildman–Crippen LogP) is 2.69. The van der Waals surface area contributed by atoms with Crippen molar-refractivity contribution in [3.63, 3.8) is 0 Å². The minimum Gasteiger partial charge on any atom is -0.493 e. The number of para-hydroxylation sites is 1. The third-order valence-corrected chi connectivity index (χ3v) is 2.33. The van der Waals surface area contributed by atoms with Gasteiger partial charge in [-0.15, -0.1) is 0 Å². The molecule has 0 unspecified atom stereocenters. The minimum absolute atomic E-state index is 0.0657. The van der Waals surface area contributed by atoms with E-state index in [1.165, 1.54) is 0 Å². The highest BCUT2D eigenvalue weighted by atomic mass is 16.5. The Morgan fingerprint density at radius 2 is 1.82 bits per heavy atom. The number of rotatable bonds is 3. The van der Waals surface area contributed by atoms with Crippen LogP contribution in [-0.4, -0.2) is 20.1 Å². The number of carbonyl (C=O) groups is 1. The molecular weight excluding hydrogens is 218 g/mol. The van der Waals surface area contributed by atoms with Gasteiger partial charge in [0.2, 0.25) is 5.91 Å². The van der Waals surface area contributed by atoms with E-state index in [2.05, 4.69) is 5.32 Å². The lowest BCUT2D eigenvalue weighted by Gasteiger charge is -2.19. The Kier molecular flexibility index (Phi) is 3.99. The number of amides is 1. The van der Waals surface area contributed by atoms with Gasteiger partial charge in [-0.05, 0) is 12.1 Å². The van der Waals surface area contributed by atoms with Gasteiger partial charge in [0.15, 0.2) is 11.5 Å². The molecule has 94 valence electrons. The molecule has 1 aromatic carbocycles. The van der Waals surface area contributed by atoms with Gasteiger partial charge in [-0.3, -0.25) is 4.79 Å². The zero-order valence-electron chi connectivity index (χ0n) is 11.0. The van der Waals surface area contributed by atoms with Gasteiger partial charge in [-0.25, -0.2) is 0 Å². The molecule has 4 nitrogen and oxygen atoms in total. The molecule has 0 atom stereocenters. The molecule has 0 aliphatic rings. The molecule has 0 spiro atoms. The first-order valence-corrected chi connectivity index (χ1v) is 5.42. The minimum atomic E-state index is -0.450. The molecule has 0 radical (unpaired) electrons. The molecule has 1 aromatic rings. The second-order valence-corrected chi connectivity index (χ2v) is 4.75. The number of nitrogens with one attached hydrogen (secondary N) is 1. The summed E-state index contributed by atoms with van der Waals surface area (Å²) < 4.78 is 10.4. The van der Waals surface area contributed by atoms with E-state index in [1.807, 2.05) is 20.8 Å². The van der Waals surface area contributed by atoms with Crippen LogP contribution in [0.5, 0.6) is 11.5 Å². The van der Waals surface area contributed by atoms with Crippen LogP contribution in [0.2, 0.25) is 0 Å². The van der Waals surface area contributed by atoms with Crippen LogP contribution in [0.3, 0.4) is 0 Å². The maximum atomic E-state index is 11.9. The average Bonchev–Trinajstić information content (AvgIpc) is 2.27. The molecule has 1 rings (SSSR count). The zero-order chi connectivity index (χ0) is 13.1. The van der Waals surface area contributed by atoms with Gasteiger partial charge in [0.1, 0.15) is 0 Å². The normalized spacial score (nSPS) is 10.9. The first-order chi connectivity index (χ1) is 7.90. The molecule has 0 aliphatic heterocycles. The fourth-order valence-corrected chi connectivity index (χ4v) is 1.30. The Labute approximate surface area is 102 Å².